The van der Waals surface area contributed by atoms with Crippen molar-refractivity contribution in [3.63, 3.8) is 0 Å². The van der Waals surface area contributed by atoms with Gasteiger partial charge in [-0.15, -0.1) is 0 Å². The molecule has 132 valence electrons. The summed E-state index contributed by atoms with van der Waals surface area (Å²) in [6.45, 7) is 1.94. The van der Waals surface area contributed by atoms with Crippen LogP contribution in [0.1, 0.15) is 17.3 Å². The average Bonchev–Trinajstić information content (AvgIpc) is 2.61. The quantitative estimate of drug-likeness (QED) is 0.829. The fourth-order valence-electron chi connectivity index (χ4n) is 2.36. The fraction of sp³-hybridized carbons (Fsp3) is 0.222. The molecule has 2 amide bonds. The minimum Gasteiger partial charge on any atom is -0.496 e. The van der Waals surface area contributed by atoms with E-state index in [9.17, 15) is 9.59 Å². The summed E-state index contributed by atoms with van der Waals surface area (Å²) < 4.78 is 5.17. The summed E-state index contributed by atoms with van der Waals surface area (Å²) in [5.41, 5.74) is 0.938. The van der Waals surface area contributed by atoms with E-state index in [1.807, 2.05) is 0 Å². The van der Waals surface area contributed by atoms with Crippen LogP contribution in [-0.4, -0.2) is 32.0 Å². The standard InChI is InChI=1S/C18H18Cl2N2O3/c1-12(23)22(15-8-5-7-14(19)17(15)20)11-10-21-18(24)13-6-3-4-9-16(13)25-2/h3-9H,10-11H2,1-2H3,(H,21,24). The van der Waals surface area contributed by atoms with Gasteiger partial charge in [-0.2, -0.15) is 0 Å². The van der Waals surface area contributed by atoms with Gasteiger partial charge in [0.05, 0.1) is 28.4 Å². The summed E-state index contributed by atoms with van der Waals surface area (Å²) in [6, 6.07) is 12.0. The van der Waals surface area contributed by atoms with Crippen molar-refractivity contribution < 1.29 is 14.3 Å². The van der Waals surface area contributed by atoms with E-state index in [0.717, 1.165) is 0 Å². The normalized spacial score (nSPS) is 10.2. The summed E-state index contributed by atoms with van der Waals surface area (Å²) in [7, 11) is 1.50. The maximum atomic E-state index is 12.3. The lowest BCUT2D eigenvalue weighted by molar-refractivity contribution is -0.116. The van der Waals surface area contributed by atoms with E-state index < -0.39 is 0 Å². The predicted molar refractivity (Wildman–Crippen MR) is 99.8 cm³/mol. The molecule has 0 atom stereocenters. The smallest absolute Gasteiger partial charge is 0.255 e. The second-order valence-corrected chi connectivity index (χ2v) is 5.98. The monoisotopic (exact) mass is 380 g/mol. The Morgan fingerprint density at radius 1 is 1.12 bits per heavy atom. The van der Waals surface area contributed by atoms with Gasteiger partial charge in [-0.25, -0.2) is 0 Å². The zero-order valence-electron chi connectivity index (χ0n) is 13.9. The van der Waals surface area contributed by atoms with Crippen LogP contribution in [0.25, 0.3) is 0 Å². The van der Waals surface area contributed by atoms with Gasteiger partial charge in [-0.1, -0.05) is 41.4 Å². The van der Waals surface area contributed by atoms with E-state index in [1.54, 1.807) is 42.5 Å². The molecule has 25 heavy (non-hydrogen) atoms. The third-order valence-corrected chi connectivity index (χ3v) is 4.38. The molecule has 0 radical (unpaired) electrons. The van der Waals surface area contributed by atoms with Crippen LogP contribution in [0.4, 0.5) is 5.69 Å². The molecule has 7 heteroatoms. The van der Waals surface area contributed by atoms with Gasteiger partial charge in [-0.3, -0.25) is 9.59 Å². The molecule has 0 aliphatic carbocycles. The number of hydrogen-bond donors (Lipinski definition) is 1. The molecule has 1 N–H and O–H groups in total. The van der Waals surface area contributed by atoms with Gasteiger partial charge < -0.3 is 15.0 Å². The Morgan fingerprint density at radius 2 is 1.84 bits per heavy atom. The highest BCUT2D eigenvalue weighted by Gasteiger charge is 2.17. The lowest BCUT2D eigenvalue weighted by atomic mass is 10.2. The zero-order chi connectivity index (χ0) is 18.4. The second kappa shape index (κ2) is 8.74. The molecule has 2 aromatic rings. The Bertz CT molecular complexity index is 781. The Labute approximate surface area is 156 Å². The number of methoxy groups -OCH3 is 1. The highest BCUT2D eigenvalue weighted by atomic mass is 35.5. The minimum atomic E-state index is -0.279. The predicted octanol–water partition coefficient (Wildman–Crippen LogP) is 3.78. The summed E-state index contributed by atoms with van der Waals surface area (Å²) in [5.74, 6) is 0.00941. The lowest BCUT2D eigenvalue weighted by Gasteiger charge is -2.23. The van der Waals surface area contributed by atoms with Crippen molar-refractivity contribution in [1.82, 2.24) is 5.32 Å². The molecule has 0 aromatic heterocycles. The molecule has 0 aliphatic heterocycles. The van der Waals surface area contributed by atoms with Crippen molar-refractivity contribution in [3.05, 3.63) is 58.1 Å². The van der Waals surface area contributed by atoms with Crippen molar-refractivity contribution in [3.8, 4) is 5.75 Å². The summed E-state index contributed by atoms with van der Waals surface area (Å²) in [6.07, 6.45) is 0. The fourth-order valence-corrected chi connectivity index (χ4v) is 2.75. The number of benzene rings is 2. The molecular formula is C18H18Cl2N2O3. The summed E-state index contributed by atoms with van der Waals surface area (Å²) >= 11 is 12.2. The Balaban J connectivity index is 2.06. The zero-order valence-corrected chi connectivity index (χ0v) is 15.4. The van der Waals surface area contributed by atoms with Gasteiger partial charge in [0.2, 0.25) is 5.91 Å². The van der Waals surface area contributed by atoms with E-state index in [4.69, 9.17) is 27.9 Å². The lowest BCUT2D eigenvalue weighted by Crippen LogP contribution is -2.37. The Morgan fingerprint density at radius 3 is 2.52 bits per heavy atom. The molecule has 0 saturated heterocycles. The van der Waals surface area contributed by atoms with E-state index in [0.29, 0.717) is 27.0 Å². The maximum absolute atomic E-state index is 12.3. The molecule has 2 aromatic carbocycles. The molecular weight excluding hydrogens is 363 g/mol. The highest BCUT2D eigenvalue weighted by Crippen LogP contribution is 2.32. The average molecular weight is 381 g/mol. The highest BCUT2D eigenvalue weighted by molar-refractivity contribution is 6.44. The largest absolute Gasteiger partial charge is 0.496 e. The van der Waals surface area contributed by atoms with Crippen molar-refractivity contribution in [2.24, 2.45) is 0 Å². The maximum Gasteiger partial charge on any atom is 0.255 e. The number of nitrogens with zero attached hydrogens (tertiary/aromatic N) is 1. The molecule has 5 nitrogen and oxygen atoms in total. The van der Waals surface area contributed by atoms with Gasteiger partial charge in [0.1, 0.15) is 5.75 Å². The second-order valence-electron chi connectivity index (χ2n) is 5.20. The van der Waals surface area contributed by atoms with Gasteiger partial charge >= 0.3 is 0 Å². The minimum absolute atomic E-state index is 0.198. The van der Waals surface area contributed by atoms with Crippen LogP contribution in [0.5, 0.6) is 5.75 Å². The Kier molecular flexibility index (Phi) is 6.67. The van der Waals surface area contributed by atoms with Gasteiger partial charge in [0.25, 0.3) is 5.91 Å². The van der Waals surface area contributed by atoms with Crippen LogP contribution in [0.15, 0.2) is 42.5 Å². The number of halogens is 2. The summed E-state index contributed by atoms with van der Waals surface area (Å²) in [4.78, 5) is 25.7. The SMILES string of the molecule is COc1ccccc1C(=O)NCCN(C(C)=O)c1cccc(Cl)c1Cl. The van der Waals surface area contributed by atoms with Crippen molar-refractivity contribution in [1.29, 1.82) is 0 Å². The summed E-state index contributed by atoms with van der Waals surface area (Å²) in [5, 5.41) is 3.44. The van der Waals surface area contributed by atoms with Crippen LogP contribution in [0, 0.1) is 0 Å². The number of carbonyl (C=O) groups excluding carboxylic acids is 2. The number of anilines is 1. The number of hydrogen-bond acceptors (Lipinski definition) is 3. The molecule has 2 rings (SSSR count). The molecule has 0 unspecified atom stereocenters. The first kappa shape index (κ1) is 19.1. The Hall–Kier alpha value is -2.24. The number of rotatable bonds is 6. The van der Waals surface area contributed by atoms with E-state index in [-0.39, 0.29) is 24.9 Å². The van der Waals surface area contributed by atoms with Crippen LogP contribution < -0.4 is 15.0 Å². The van der Waals surface area contributed by atoms with Crippen molar-refractivity contribution in [2.75, 3.05) is 25.1 Å². The molecule has 0 saturated carbocycles. The van der Waals surface area contributed by atoms with Crippen molar-refractivity contribution >= 4 is 40.7 Å². The van der Waals surface area contributed by atoms with E-state index in [1.165, 1.54) is 18.9 Å². The van der Waals surface area contributed by atoms with Crippen molar-refractivity contribution in [2.45, 2.75) is 6.92 Å². The van der Waals surface area contributed by atoms with Gasteiger partial charge in [0, 0.05) is 20.0 Å². The first-order valence-electron chi connectivity index (χ1n) is 7.59. The van der Waals surface area contributed by atoms with Crippen LogP contribution in [0.2, 0.25) is 10.0 Å². The molecule has 0 spiro atoms. The molecule has 0 aliphatic rings. The first-order chi connectivity index (χ1) is 12.0. The van der Waals surface area contributed by atoms with Crippen LogP contribution in [0.3, 0.4) is 0 Å². The van der Waals surface area contributed by atoms with Crippen LogP contribution >= 0.6 is 23.2 Å². The topological polar surface area (TPSA) is 58.6 Å². The molecule has 0 heterocycles. The van der Waals surface area contributed by atoms with E-state index in [2.05, 4.69) is 5.32 Å². The number of ether oxygens (including phenoxy) is 1. The number of nitrogens with one attached hydrogen (secondary N) is 1. The van der Waals surface area contributed by atoms with Gasteiger partial charge in [0.15, 0.2) is 0 Å². The molecule has 0 bridgehead atoms. The first-order valence-corrected chi connectivity index (χ1v) is 8.34. The number of para-hydroxylation sites is 1. The third kappa shape index (κ3) is 4.65. The van der Waals surface area contributed by atoms with Gasteiger partial charge in [-0.05, 0) is 24.3 Å². The third-order valence-electron chi connectivity index (χ3n) is 3.57. The number of amides is 2. The van der Waals surface area contributed by atoms with E-state index >= 15 is 0 Å². The number of carbonyl (C=O) groups is 2. The van der Waals surface area contributed by atoms with Crippen LogP contribution in [-0.2, 0) is 4.79 Å². The molecule has 0 fully saturated rings.